The van der Waals surface area contributed by atoms with Crippen LogP contribution in [0.1, 0.15) is 17.4 Å². The van der Waals surface area contributed by atoms with Crippen LogP contribution in [0.15, 0.2) is 59.9 Å². The van der Waals surface area contributed by atoms with Gasteiger partial charge in [0.15, 0.2) is 22.8 Å². The summed E-state index contributed by atoms with van der Waals surface area (Å²) in [6.45, 7) is 3.17. The van der Waals surface area contributed by atoms with Gasteiger partial charge in [-0.1, -0.05) is 23.9 Å². The average Bonchev–Trinajstić information content (AvgIpc) is 3.21. The Morgan fingerprint density at radius 3 is 2.67 bits per heavy atom. The van der Waals surface area contributed by atoms with Crippen LogP contribution in [0.3, 0.4) is 0 Å². The molecule has 0 bridgehead atoms. The summed E-state index contributed by atoms with van der Waals surface area (Å²) in [5, 5.41) is 0.659. The number of rotatable bonds is 6. The summed E-state index contributed by atoms with van der Waals surface area (Å²) in [5.74, 6) is 0.889. The summed E-state index contributed by atoms with van der Waals surface area (Å²) in [4.78, 5) is 19.5. The van der Waals surface area contributed by atoms with Crippen molar-refractivity contribution in [3.05, 3.63) is 66.2 Å². The second kappa shape index (κ2) is 8.79. The number of fused-ring (bicyclic) bond motifs is 1. The van der Waals surface area contributed by atoms with Crippen LogP contribution in [0, 0.1) is 5.82 Å². The van der Waals surface area contributed by atoms with Gasteiger partial charge < -0.3 is 14.4 Å². The molecule has 0 saturated heterocycles. The van der Waals surface area contributed by atoms with Crippen LogP contribution >= 0.6 is 11.8 Å². The predicted molar refractivity (Wildman–Crippen MR) is 113 cm³/mol. The molecule has 6 nitrogen and oxygen atoms in total. The maximum atomic E-state index is 13.4. The van der Waals surface area contributed by atoms with Crippen molar-refractivity contribution in [2.75, 3.05) is 26.0 Å². The van der Waals surface area contributed by atoms with Gasteiger partial charge in [-0.25, -0.2) is 9.37 Å². The number of likely N-dealkylation sites (N-methyl/N-ethyl adjacent to an activating group) is 1. The molecule has 156 valence electrons. The van der Waals surface area contributed by atoms with E-state index in [0.717, 1.165) is 0 Å². The van der Waals surface area contributed by atoms with E-state index in [4.69, 9.17) is 9.47 Å². The molecule has 3 aromatic rings. The maximum Gasteiger partial charge on any atom is 0.272 e. The Kier molecular flexibility index (Phi) is 5.94. The Morgan fingerprint density at radius 2 is 1.97 bits per heavy atom. The molecule has 0 aliphatic carbocycles. The van der Waals surface area contributed by atoms with Gasteiger partial charge in [-0.05, 0) is 49.6 Å². The number of carbonyl (C=O) groups is 1. The van der Waals surface area contributed by atoms with Crippen LogP contribution in [-0.4, -0.2) is 52.4 Å². The highest BCUT2D eigenvalue weighted by Gasteiger charge is 2.27. The number of hydrogen-bond donors (Lipinski definition) is 0. The highest BCUT2D eigenvalue weighted by atomic mass is 32.2. The molecule has 1 aliphatic rings. The summed E-state index contributed by atoms with van der Waals surface area (Å²) in [6, 6.07) is 13.5. The van der Waals surface area contributed by atoms with E-state index < -0.39 is 0 Å². The number of halogens is 1. The molecule has 1 aliphatic heterocycles. The van der Waals surface area contributed by atoms with Crippen LogP contribution in [0.5, 0.6) is 11.5 Å². The molecular formula is C22H22FN3O3S. The van der Waals surface area contributed by atoms with E-state index in [2.05, 4.69) is 4.98 Å². The number of thioether (sulfide) groups is 1. The van der Waals surface area contributed by atoms with E-state index in [1.807, 2.05) is 37.4 Å². The zero-order chi connectivity index (χ0) is 21.1. The molecule has 30 heavy (non-hydrogen) atoms. The van der Waals surface area contributed by atoms with Crippen molar-refractivity contribution in [2.45, 2.75) is 18.2 Å². The Balaban J connectivity index is 1.57. The van der Waals surface area contributed by atoms with E-state index in [-0.39, 0.29) is 17.8 Å². The predicted octanol–water partition coefficient (Wildman–Crippen LogP) is 4.04. The van der Waals surface area contributed by atoms with Crippen molar-refractivity contribution in [1.29, 1.82) is 0 Å². The van der Waals surface area contributed by atoms with Crippen LogP contribution in [0.2, 0.25) is 0 Å². The normalized spacial score (nSPS) is 15.1. The van der Waals surface area contributed by atoms with Crippen LogP contribution < -0.4 is 9.47 Å². The Bertz CT molecular complexity index is 1040. The second-order valence-corrected chi connectivity index (χ2v) is 7.56. The van der Waals surface area contributed by atoms with Gasteiger partial charge >= 0.3 is 0 Å². The minimum absolute atomic E-state index is 0.169. The average molecular weight is 428 g/mol. The summed E-state index contributed by atoms with van der Waals surface area (Å²) in [7, 11) is 0. The molecule has 1 atom stereocenters. The Hall–Kier alpha value is -3.00. The lowest BCUT2D eigenvalue weighted by Crippen LogP contribution is -2.44. The third kappa shape index (κ3) is 4.00. The first kappa shape index (κ1) is 20.3. The quantitative estimate of drug-likeness (QED) is 0.556. The molecule has 1 amide bonds. The standard InChI is InChI=1S/C22H22FN3O3S/c1-3-25(13-17-14-28-19-6-4-5-7-20(19)29-17)21(27)18-12-24-22(30-2)26(18)16-10-8-15(23)9-11-16/h4-12,17H,3,13-14H2,1-2H3. The van der Waals surface area contributed by atoms with E-state index in [1.165, 1.54) is 23.9 Å². The fraction of sp³-hybridized carbons (Fsp3) is 0.273. The first-order chi connectivity index (χ1) is 14.6. The Labute approximate surface area is 178 Å². The van der Waals surface area contributed by atoms with Crippen molar-refractivity contribution >= 4 is 17.7 Å². The summed E-state index contributed by atoms with van der Waals surface area (Å²) >= 11 is 1.42. The third-order valence-electron chi connectivity index (χ3n) is 4.88. The number of ether oxygens (including phenoxy) is 2. The number of benzene rings is 2. The van der Waals surface area contributed by atoms with Crippen molar-refractivity contribution in [2.24, 2.45) is 0 Å². The molecular weight excluding hydrogens is 405 g/mol. The SMILES string of the molecule is CCN(CC1COc2ccccc2O1)C(=O)c1cnc(SC)n1-c1ccc(F)cc1. The minimum atomic E-state index is -0.331. The molecule has 0 fully saturated rings. The van der Waals surface area contributed by atoms with Gasteiger partial charge in [-0.15, -0.1) is 0 Å². The van der Waals surface area contributed by atoms with Crippen molar-refractivity contribution in [1.82, 2.24) is 14.5 Å². The first-order valence-corrected chi connectivity index (χ1v) is 10.9. The zero-order valence-corrected chi connectivity index (χ0v) is 17.6. The molecule has 2 heterocycles. The largest absolute Gasteiger partial charge is 0.486 e. The lowest BCUT2D eigenvalue weighted by molar-refractivity contribution is 0.0469. The molecule has 1 unspecified atom stereocenters. The zero-order valence-electron chi connectivity index (χ0n) is 16.7. The lowest BCUT2D eigenvalue weighted by atomic mass is 10.2. The van der Waals surface area contributed by atoms with E-state index >= 15 is 0 Å². The van der Waals surface area contributed by atoms with E-state index in [0.29, 0.717) is 47.7 Å². The number of aromatic nitrogens is 2. The summed E-state index contributed by atoms with van der Waals surface area (Å²) in [6.07, 6.45) is 3.18. The maximum absolute atomic E-state index is 13.4. The van der Waals surface area contributed by atoms with E-state index in [9.17, 15) is 9.18 Å². The van der Waals surface area contributed by atoms with Crippen molar-refractivity contribution in [3.63, 3.8) is 0 Å². The molecule has 0 N–H and O–H groups in total. The summed E-state index contributed by atoms with van der Waals surface area (Å²) in [5.41, 5.74) is 1.11. The molecule has 2 aromatic carbocycles. The topological polar surface area (TPSA) is 56.6 Å². The minimum Gasteiger partial charge on any atom is -0.486 e. The molecule has 4 rings (SSSR count). The highest BCUT2D eigenvalue weighted by Crippen LogP contribution is 2.31. The van der Waals surface area contributed by atoms with E-state index in [1.54, 1.807) is 27.8 Å². The van der Waals surface area contributed by atoms with Gasteiger partial charge in [0.05, 0.1) is 12.7 Å². The van der Waals surface area contributed by atoms with Gasteiger partial charge in [0.1, 0.15) is 18.1 Å². The van der Waals surface area contributed by atoms with Gasteiger partial charge in [0, 0.05) is 12.2 Å². The number of hydrogen-bond acceptors (Lipinski definition) is 5. The number of amides is 1. The van der Waals surface area contributed by atoms with Gasteiger partial charge in [-0.2, -0.15) is 0 Å². The number of carbonyl (C=O) groups excluding carboxylic acids is 1. The van der Waals surface area contributed by atoms with Crippen molar-refractivity contribution < 1.29 is 18.7 Å². The van der Waals surface area contributed by atoms with Crippen LogP contribution in [0.4, 0.5) is 4.39 Å². The van der Waals surface area contributed by atoms with Crippen molar-refractivity contribution in [3.8, 4) is 17.2 Å². The summed E-state index contributed by atoms with van der Waals surface area (Å²) < 4.78 is 26.9. The van der Waals surface area contributed by atoms with Crippen LogP contribution in [-0.2, 0) is 0 Å². The lowest BCUT2D eigenvalue weighted by Gasteiger charge is -2.31. The van der Waals surface area contributed by atoms with Gasteiger partial charge in [-0.3, -0.25) is 9.36 Å². The monoisotopic (exact) mass is 427 g/mol. The Morgan fingerprint density at radius 1 is 1.23 bits per heavy atom. The first-order valence-electron chi connectivity index (χ1n) is 9.66. The highest BCUT2D eigenvalue weighted by molar-refractivity contribution is 7.98. The fourth-order valence-electron chi connectivity index (χ4n) is 3.39. The van der Waals surface area contributed by atoms with Gasteiger partial charge in [0.25, 0.3) is 5.91 Å². The number of nitrogens with zero attached hydrogens (tertiary/aromatic N) is 3. The number of imidazole rings is 1. The van der Waals surface area contributed by atoms with Gasteiger partial charge in [0.2, 0.25) is 0 Å². The molecule has 8 heteroatoms. The second-order valence-electron chi connectivity index (χ2n) is 6.78. The molecule has 1 aromatic heterocycles. The third-order valence-corrected chi connectivity index (χ3v) is 5.53. The number of para-hydroxylation sites is 2. The smallest absolute Gasteiger partial charge is 0.272 e. The molecule has 0 radical (unpaired) electrons. The molecule has 0 saturated carbocycles. The molecule has 0 spiro atoms. The fourth-order valence-corrected chi connectivity index (χ4v) is 3.93. The van der Waals surface area contributed by atoms with Crippen LogP contribution in [0.25, 0.3) is 5.69 Å².